The van der Waals surface area contributed by atoms with Crippen molar-refractivity contribution in [1.29, 1.82) is 0 Å². The van der Waals surface area contributed by atoms with Crippen molar-refractivity contribution in [3.8, 4) is 0 Å². The summed E-state index contributed by atoms with van der Waals surface area (Å²) in [5.74, 6) is 0.311. The fourth-order valence-corrected chi connectivity index (χ4v) is 5.50. The van der Waals surface area contributed by atoms with Crippen molar-refractivity contribution in [1.82, 2.24) is 20.5 Å². The Morgan fingerprint density at radius 3 is 2.78 bits per heavy atom. The van der Waals surface area contributed by atoms with Crippen molar-refractivity contribution >= 4 is 39.7 Å². The molecule has 2 aromatic carbocycles. The lowest BCUT2D eigenvalue weighted by molar-refractivity contribution is 0.102. The standard InChI is InChI=1S/C28H31N7O/c1-28(2)17-35(21-9-12-29-13-10-21)25-15-20(7-8-23(25)28)33-27(36)22-4-3-11-30-26(22)32-19-6-5-18-16-31-34-24(18)14-19/h3-8,11,14-16,21,29H,9-10,12-13,17H2,1-2H3,(H,30,32)(H,31,34)(H,33,36). The van der Waals surface area contributed by atoms with Crippen LogP contribution in [0.2, 0.25) is 0 Å². The van der Waals surface area contributed by atoms with Crippen LogP contribution in [0.5, 0.6) is 0 Å². The molecule has 4 aromatic rings. The number of fused-ring (bicyclic) bond motifs is 2. The van der Waals surface area contributed by atoms with Crippen LogP contribution >= 0.6 is 0 Å². The molecule has 1 saturated heterocycles. The van der Waals surface area contributed by atoms with E-state index in [-0.39, 0.29) is 11.3 Å². The van der Waals surface area contributed by atoms with Gasteiger partial charge in [0.2, 0.25) is 0 Å². The van der Waals surface area contributed by atoms with E-state index in [1.54, 1.807) is 24.5 Å². The van der Waals surface area contributed by atoms with Gasteiger partial charge in [-0.25, -0.2) is 4.98 Å². The summed E-state index contributed by atoms with van der Waals surface area (Å²) in [5.41, 5.74) is 5.69. The molecule has 0 spiro atoms. The zero-order valence-electron chi connectivity index (χ0n) is 20.6. The second-order valence-electron chi connectivity index (χ2n) is 10.4. The van der Waals surface area contributed by atoms with E-state index in [4.69, 9.17) is 0 Å². The number of piperidine rings is 1. The number of H-pyrrole nitrogens is 1. The van der Waals surface area contributed by atoms with Gasteiger partial charge in [0, 0.05) is 46.6 Å². The van der Waals surface area contributed by atoms with Gasteiger partial charge in [0.1, 0.15) is 5.82 Å². The average Bonchev–Trinajstić information content (AvgIpc) is 3.46. The smallest absolute Gasteiger partial charge is 0.259 e. The Bertz CT molecular complexity index is 1420. The molecule has 2 aliphatic heterocycles. The third-order valence-electron chi connectivity index (χ3n) is 7.37. The summed E-state index contributed by atoms with van der Waals surface area (Å²) in [6, 6.07) is 16.3. The van der Waals surface area contributed by atoms with Crippen LogP contribution in [0.3, 0.4) is 0 Å². The first-order valence-electron chi connectivity index (χ1n) is 12.6. The average molecular weight is 482 g/mol. The van der Waals surface area contributed by atoms with Gasteiger partial charge in [0.25, 0.3) is 5.91 Å². The van der Waals surface area contributed by atoms with Crippen LogP contribution in [0.15, 0.2) is 60.9 Å². The lowest BCUT2D eigenvalue weighted by atomic mass is 9.87. The summed E-state index contributed by atoms with van der Waals surface area (Å²) < 4.78 is 0. The first-order chi connectivity index (χ1) is 17.5. The first kappa shape index (κ1) is 22.5. The Morgan fingerprint density at radius 1 is 1.08 bits per heavy atom. The highest BCUT2D eigenvalue weighted by Crippen LogP contribution is 2.43. The van der Waals surface area contributed by atoms with Crippen molar-refractivity contribution in [2.45, 2.75) is 38.1 Å². The van der Waals surface area contributed by atoms with Gasteiger partial charge in [-0.1, -0.05) is 19.9 Å². The number of rotatable bonds is 5. The number of benzene rings is 2. The molecule has 0 atom stereocenters. The molecule has 0 saturated carbocycles. The van der Waals surface area contributed by atoms with Crippen molar-refractivity contribution in [2.24, 2.45) is 0 Å². The maximum absolute atomic E-state index is 13.4. The highest BCUT2D eigenvalue weighted by atomic mass is 16.1. The van der Waals surface area contributed by atoms with E-state index in [9.17, 15) is 4.79 Å². The number of pyridine rings is 1. The fraction of sp³-hybridized carbons (Fsp3) is 0.321. The third-order valence-corrected chi connectivity index (χ3v) is 7.37. The summed E-state index contributed by atoms with van der Waals surface area (Å²) in [7, 11) is 0. The Hall–Kier alpha value is -3.91. The molecule has 6 rings (SSSR count). The topological polar surface area (TPSA) is 98.0 Å². The summed E-state index contributed by atoms with van der Waals surface area (Å²) >= 11 is 0. The minimum absolute atomic E-state index is 0.0823. The summed E-state index contributed by atoms with van der Waals surface area (Å²) in [4.78, 5) is 20.4. The number of carbonyl (C=O) groups is 1. The minimum Gasteiger partial charge on any atom is -0.367 e. The Kier molecular flexibility index (Phi) is 5.60. The first-order valence-corrected chi connectivity index (χ1v) is 12.6. The number of hydrogen-bond donors (Lipinski definition) is 4. The Balaban J connectivity index is 1.25. The number of aromatic amines is 1. The Morgan fingerprint density at radius 2 is 1.92 bits per heavy atom. The molecule has 1 fully saturated rings. The van der Waals surface area contributed by atoms with E-state index in [1.165, 1.54) is 11.3 Å². The highest BCUT2D eigenvalue weighted by molar-refractivity contribution is 6.08. The number of carbonyl (C=O) groups excluding carboxylic acids is 1. The van der Waals surface area contributed by atoms with Crippen LogP contribution in [0.4, 0.5) is 22.9 Å². The van der Waals surface area contributed by atoms with Gasteiger partial charge < -0.3 is 20.9 Å². The van der Waals surface area contributed by atoms with Gasteiger partial charge in [-0.15, -0.1) is 0 Å². The van der Waals surface area contributed by atoms with Crippen LogP contribution in [0.25, 0.3) is 10.9 Å². The second kappa shape index (κ2) is 8.95. The van der Waals surface area contributed by atoms with Crippen LogP contribution in [-0.2, 0) is 5.41 Å². The number of hydrogen-bond acceptors (Lipinski definition) is 6. The van der Waals surface area contributed by atoms with E-state index in [0.717, 1.165) is 54.8 Å². The fourth-order valence-electron chi connectivity index (χ4n) is 5.50. The lowest BCUT2D eigenvalue weighted by Crippen LogP contribution is -2.44. The van der Waals surface area contributed by atoms with E-state index in [1.807, 2.05) is 24.3 Å². The van der Waals surface area contributed by atoms with Gasteiger partial charge in [-0.3, -0.25) is 9.89 Å². The van der Waals surface area contributed by atoms with Crippen LogP contribution in [0, 0.1) is 0 Å². The normalized spacial score (nSPS) is 17.2. The van der Waals surface area contributed by atoms with Crippen LogP contribution in [-0.4, -0.2) is 46.8 Å². The zero-order valence-corrected chi connectivity index (χ0v) is 20.6. The van der Waals surface area contributed by atoms with Crippen molar-refractivity contribution in [2.75, 3.05) is 35.2 Å². The quantitative estimate of drug-likeness (QED) is 0.327. The second-order valence-corrected chi connectivity index (χ2v) is 10.4. The largest absolute Gasteiger partial charge is 0.367 e. The van der Waals surface area contributed by atoms with Gasteiger partial charge >= 0.3 is 0 Å². The van der Waals surface area contributed by atoms with E-state index in [0.29, 0.717) is 17.4 Å². The van der Waals surface area contributed by atoms with Crippen LogP contribution < -0.4 is 20.9 Å². The summed E-state index contributed by atoms with van der Waals surface area (Å²) in [6.45, 7) is 7.72. The predicted molar refractivity (Wildman–Crippen MR) is 144 cm³/mol. The molecule has 0 bridgehead atoms. The molecule has 4 N–H and O–H groups in total. The molecule has 8 nitrogen and oxygen atoms in total. The Labute approximate surface area is 210 Å². The van der Waals surface area contributed by atoms with E-state index in [2.05, 4.69) is 62.0 Å². The number of nitrogens with one attached hydrogen (secondary N) is 4. The molecular formula is C28H31N7O. The molecule has 2 aromatic heterocycles. The summed E-state index contributed by atoms with van der Waals surface area (Å²) in [5, 5.41) is 17.9. The van der Waals surface area contributed by atoms with E-state index < -0.39 is 0 Å². The number of aromatic nitrogens is 3. The monoisotopic (exact) mass is 481 g/mol. The number of amides is 1. The maximum Gasteiger partial charge on any atom is 0.259 e. The lowest BCUT2D eigenvalue weighted by Gasteiger charge is -2.34. The number of nitrogens with zero attached hydrogens (tertiary/aromatic N) is 3. The summed E-state index contributed by atoms with van der Waals surface area (Å²) in [6.07, 6.45) is 5.74. The molecule has 0 radical (unpaired) electrons. The number of anilines is 4. The van der Waals surface area contributed by atoms with Gasteiger partial charge in [0.15, 0.2) is 0 Å². The SMILES string of the molecule is CC1(C)CN(C2CCNCC2)c2cc(NC(=O)c3cccnc3Nc3ccc4cn[nH]c4c3)ccc21. The molecule has 2 aliphatic rings. The zero-order chi connectivity index (χ0) is 24.7. The minimum atomic E-state index is -0.196. The molecule has 4 heterocycles. The van der Waals surface area contributed by atoms with Gasteiger partial charge in [-0.2, -0.15) is 5.10 Å². The molecule has 1 amide bonds. The highest BCUT2D eigenvalue weighted by Gasteiger charge is 2.38. The van der Waals surface area contributed by atoms with Crippen LogP contribution in [0.1, 0.15) is 42.6 Å². The van der Waals surface area contributed by atoms with Crippen molar-refractivity contribution in [3.05, 3.63) is 72.1 Å². The molecule has 0 aliphatic carbocycles. The molecule has 0 unspecified atom stereocenters. The molecule has 36 heavy (non-hydrogen) atoms. The van der Waals surface area contributed by atoms with Gasteiger partial charge in [-0.05, 0) is 74.0 Å². The molecule has 184 valence electrons. The van der Waals surface area contributed by atoms with E-state index >= 15 is 0 Å². The predicted octanol–water partition coefficient (Wildman–Crippen LogP) is 4.80. The van der Waals surface area contributed by atoms with Crippen molar-refractivity contribution in [3.63, 3.8) is 0 Å². The van der Waals surface area contributed by atoms with Crippen molar-refractivity contribution < 1.29 is 4.79 Å². The maximum atomic E-state index is 13.4. The molecular weight excluding hydrogens is 450 g/mol. The molecule has 8 heteroatoms. The third kappa shape index (κ3) is 4.18. The van der Waals surface area contributed by atoms with Gasteiger partial charge in [0.05, 0.1) is 17.3 Å².